The summed E-state index contributed by atoms with van der Waals surface area (Å²) in [6.45, 7) is 5.13. The Balaban J connectivity index is 1.42. The maximum atomic E-state index is 13.8. The SMILES string of the molecule is COc1ccc(S(=O)(=O)Nc2cccc3c2O[C@@H](CN(C)Cc2ccc(-c4ccccc4)cc2)[C@H](C)CN([C@@H](C)CO)C3=O)cc1. The van der Waals surface area contributed by atoms with Gasteiger partial charge in [-0.1, -0.05) is 67.6 Å². The molecule has 0 saturated carbocycles. The number of fused-ring (bicyclic) bond motifs is 1. The number of nitrogens with zero attached hydrogens (tertiary/aromatic N) is 2. The Labute approximate surface area is 271 Å². The van der Waals surface area contributed by atoms with Crippen LogP contribution in [0.25, 0.3) is 11.1 Å². The lowest BCUT2D eigenvalue weighted by molar-refractivity contribution is 0.0344. The van der Waals surface area contributed by atoms with Crippen LogP contribution < -0.4 is 14.2 Å². The highest BCUT2D eigenvalue weighted by Crippen LogP contribution is 2.36. The van der Waals surface area contributed by atoms with E-state index in [1.54, 1.807) is 42.2 Å². The molecular weight excluding hydrogens is 602 g/mol. The Bertz CT molecular complexity index is 1730. The van der Waals surface area contributed by atoms with Crippen molar-refractivity contribution >= 4 is 21.6 Å². The van der Waals surface area contributed by atoms with Crippen molar-refractivity contribution in [1.29, 1.82) is 0 Å². The van der Waals surface area contributed by atoms with Gasteiger partial charge < -0.3 is 19.5 Å². The number of amides is 1. The molecule has 5 rings (SSSR count). The number of rotatable bonds is 11. The number of aliphatic hydroxyl groups is 1. The molecular formula is C36H41N3O6S. The predicted octanol–water partition coefficient (Wildman–Crippen LogP) is 5.52. The molecule has 4 aromatic rings. The summed E-state index contributed by atoms with van der Waals surface area (Å²) >= 11 is 0. The summed E-state index contributed by atoms with van der Waals surface area (Å²) in [5, 5.41) is 10.0. The standard InChI is InChI=1S/C36H41N3O6S/c1-25-21-39(26(2)24-40)36(41)32-11-8-12-33(37-46(42,43)31-19-17-30(44-4)18-20-31)35(32)45-34(25)23-38(3)22-27-13-15-29(16-14-27)28-9-6-5-7-10-28/h5-20,25-26,34,37,40H,21-24H2,1-4H3/t25-,26+,34+/m1/s1. The number of carbonyl (C=O) groups excluding carboxylic acids is 1. The second-order valence-corrected chi connectivity index (χ2v) is 13.5. The normalized spacial score (nSPS) is 17.4. The molecule has 0 aromatic heterocycles. The Morgan fingerprint density at radius 1 is 0.978 bits per heavy atom. The number of hydrogen-bond acceptors (Lipinski definition) is 7. The predicted molar refractivity (Wildman–Crippen MR) is 180 cm³/mol. The van der Waals surface area contributed by atoms with E-state index in [1.807, 2.05) is 32.2 Å². The van der Waals surface area contributed by atoms with Gasteiger partial charge in [0.15, 0.2) is 5.75 Å². The molecule has 0 aliphatic carbocycles. The number of nitrogens with one attached hydrogen (secondary N) is 1. The molecule has 0 fully saturated rings. The van der Waals surface area contributed by atoms with Crippen LogP contribution in [0, 0.1) is 5.92 Å². The van der Waals surface area contributed by atoms with Crippen LogP contribution in [-0.2, 0) is 16.6 Å². The van der Waals surface area contributed by atoms with Crippen molar-refractivity contribution in [2.45, 2.75) is 37.4 Å². The van der Waals surface area contributed by atoms with Crippen molar-refractivity contribution in [3.05, 3.63) is 108 Å². The first-order valence-corrected chi connectivity index (χ1v) is 16.8. The molecule has 1 aliphatic heterocycles. The van der Waals surface area contributed by atoms with Crippen LogP contribution in [0.5, 0.6) is 11.5 Å². The summed E-state index contributed by atoms with van der Waals surface area (Å²) in [5.74, 6) is 0.222. The number of methoxy groups -OCH3 is 1. The third-order valence-corrected chi connectivity index (χ3v) is 9.69. The number of para-hydroxylation sites is 1. The van der Waals surface area contributed by atoms with Gasteiger partial charge >= 0.3 is 0 Å². The molecule has 242 valence electrons. The molecule has 0 saturated heterocycles. The fourth-order valence-electron chi connectivity index (χ4n) is 5.62. The van der Waals surface area contributed by atoms with E-state index in [4.69, 9.17) is 9.47 Å². The van der Waals surface area contributed by atoms with E-state index in [0.29, 0.717) is 25.4 Å². The van der Waals surface area contributed by atoms with Gasteiger partial charge in [0, 0.05) is 25.6 Å². The Morgan fingerprint density at radius 3 is 2.30 bits per heavy atom. The molecule has 0 spiro atoms. The van der Waals surface area contributed by atoms with Crippen LogP contribution in [-0.4, -0.2) is 75.2 Å². The van der Waals surface area contributed by atoms with Crippen molar-refractivity contribution in [3.63, 3.8) is 0 Å². The average Bonchev–Trinajstić information content (AvgIpc) is 3.07. The molecule has 10 heteroatoms. The summed E-state index contributed by atoms with van der Waals surface area (Å²) in [4.78, 5) is 17.7. The van der Waals surface area contributed by atoms with E-state index >= 15 is 0 Å². The van der Waals surface area contributed by atoms with Gasteiger partial charge in [0.25, 0.3) is 15.9 Å². The van der Waals surface area contributed by atoms with Crippen molar-refractivity contribution in [3.8, 4) is 22.6 Å². The molecule has 9 nitrogen and oxygen atoms in total. The number of aliphatic hydroxyl groups excluding tert-OH is 1. The van der Waals surface area contributed by atoms with E-state index in [9.17, 15) is 18.3 Å². The molecule has 0 bridgehead atoms. The van der Waals surface area contributed by atoms with Crippen molar-refractivity contribution in [2.24, 2.45) is 5.92 Å². The minimum absolute atomic E-state index is 0.0431. The number of likely N-dealkylation sites (N-methyl/N-ethyl adjacent to an activating group) is 1. The van der Waals surface area contributed by atoms with Crippen LogP contribution in [0.15, 0.2) is 102 Å². The third-order valence-electron chi connectivity index (χ3n) is 8.31. The van der Waals surface area contributed by atoms with Crippen molar-refractivity contribution in [1.82, 2.24) is 9.80 Å². The van der Waals surface area contributed by atoms with Gasteiger partial charge in [-0.05, 0) is 67.1 Å². The van der Waals surface area contributed by atoms with Crippen LogP contribution in [0.2, 0.25) is 0 Å². The number of anilines is 1. The van der Waals surface area contributed by atoms with Crippen LogP contribution >= 0.6 is 0 Å². The van der Waals surface area contributed by atoms with E-state index in [0.717, 1.165) is 16.7 Å². The van der Waals surface area contributed by atoms with Crippen LogP contribution in [0.1, 0.15) is 29.8 Å². The largest absolute Gasteiger partial charge is 0.497 e. The fraction of sp³-hybridized carbons (Fsp3) is 0.306. The highest BCUT2D eigenvalue weighted by molar-refractivity contribution is 7.92. The Morgan fingerprint density at radius 2 is 1.65 bits per heavy atom. The molecule has 3 atom stereocenters. The van der Waals surface area contributed by atoms with Gasteiger partial charge in [-0.25, -0.2) is 8.42 Å². The van der Waals surface area contributed by atoms with Crippen LogP contribution in [0.3, 0.4) is 0 Å². The number of ether oxygens (including phenoxy) is 2. The van der Waals surface area contributed by atoms with Gasteiger partial charge in [0.2, 0.25) is 0 Å². The highest BCUT2D eigenvalue weighted by Gasteiger charge is 2.35. The monoisotopic (exact) mass is 643 g/mol. The highest BCUT2D eigenvalue weighted by atomic mass is 32.2. The fourth-order valence-corrected chi connectivity index (χ4v) is 6.68. The first kappa shape index (κ1) is 33.0. The molecule has 1 amide bonds. The van der Waals surface area contributed by atoms with E-state index in [2.05, 4.69) is 46.0 Å². The first-order valence-electron chi connectivity index (χ1n) is 15.3. The number of benzene rings is 4. The van der Waals surface area contributed by atoms with E-state index < -0.39 is 22.2 Å². The van der Waals surface area contributed by atoms with Crippen molar-refractivity contribution in [2.75, 3.05) is 38.6 Å². The minimum Gasteiger partial charge on any atom is -0.497 e. The van der Waals surface area contributed by atoms with Gasteiger partial charge in [0.05, 0.1) is 35.9 Å². The summed E-state index contributed by atoms with van der Waals surface area (Å²) < 4.78 is 41.3. The zero-order chi connectivity index (χ0) is 32.8. The smallest absolute Gasteiger partial charge is 0.262 e. The lowest BCUT2D eigenvalue weighted by Gasteiger charge is -2.38. The number of carbonyl (C=O) groups is 1. The lowest BCUT2D eigenvalue weighted by Crippen LogP contribution is -2.49. The maximum absolute atomic E-state index is 13.8. The van der Waals surface area contributed by atoms with Gasteiger partial charge in [0.1, 0.15) is 11.9 Å². The third kappa shape index (κ3) is 7.52. The average molecular weight is 644 g/mol. The Hall–Kier alpha value is -4.38. The molecule has 2 N–H and O–H groups in total. The topological polar surface area (TPSA) is 108 Å². The molecule has 0 unspecified atom stereocenters. The van der Waals surface area contributed by atoms with E-state index in [-0.39, 0.29) is 40.3 Å². The quantitative estimate of drug-likeness (QED) is 0.222. The van der Waals surface area contributed by atoms with Gasteiger partial charge in [-0.2, -0.15) is 0 Å². The van der Waals surface area contributed by atoms with Crippen molar-refractivity contribution < 1.29 is 27.8 Å². The number of sulfonamides is 1. The van der Waals surface area contributed by atoms with Gasteiger partial charge in [-0.15, -0.1) is 0 Å². The minimum atomic E-state index is -4.02. The molecule has 46 heavy (non-hydrogen) atoms. The summed E-state index contributed by atoms with van der Waals surface area (Å²) in [6, 6.07) is 29.1. The Kier molecular flexibility index (Phi) is 10.3. The number of hydrogen-bond donors (Lipinski definition) is 2. The maximum Gasteiger partial charge on any atom is 0.262 e. The molecule has 1 aliphatic rings. The lowest BCUT2D eigenvalue weighted by atomic mass is 9.98. The summed E-state index contributed by atoms with van der Waals surface area (Å²) in [6.07, 6.45) is -0.402. The van der Waals surface area contributed by atoms with Gasteiger partial charge in [-0.3, -0.25) is 14.4 Å². The first-order chi connectivity index (χ1) is 22.1. The van der Waals surface area contributed by atoms with E-state index in [1.165, 1.54) is 19.2 Å². The second kappa shape index (κ2) is 14.4. The molecule has 0 radical (unpaired) electrons. The summed E-state index contributed by atoms with van der Waals surface area (Å²) in [5.41, 5.74) is 3.84. The molecule has 4 aromatic carbocycles. The van der Waals surface area contributed by atoms with Crippen LogP contribution in [0.4, 0.5) is 5.69 Å². The zero-order valence-electron chi connectivity index (χ0n) is 26.6. The zero-order valence-corrected chi connectivity index (χ0v) is 27.4. The molecule has 1 heterocycles. The second-order valence-electron chi connectivity index (χ2n) is 11.8. The summed E-state index contributed by atoms with van der Waals surface area (Å²) in [7, 11) is -0.503.